The van der Waals surface area contributed by atoms with Crippen LogP contribution >= 0.6 is 39.7 Å². The number of sulfone groups is 1. The summed E-state index contributed by atoms with van der Waals surface area (Å²) < 4.78 is 27.5. The van der Waals surface area contributed by atoms with Gasteiger partial charge in [0.1, 0.15) is 5.75 Å². The van der Waals surface area contributed by atoms with Crippen LogP contribution in [0.4, 0.5) is 5.13 Å². The lowest BCUT2D eigenvalue weighted by molar-refractivity contribution is -0.116. The van der Waals surface area contributed by atoms with E-state index in [9.17, 15) is 13.2 Å². The molecule has 1 amide bonds. The van der Waals surface area contributed by atoms with E-state index in [1.165, 1.54) is 16.2 Å². The first-order valence-electron chi connectivity index (χ1n) is 9.46. The van der Waals surface area contributed by atoms with Crippen molar-refractivity contribution in [2.45, 2.75) is 18.2 Å². The van der Waals surface area contributed by atoms with Gasteiger partial charge in [-0.05, 0) is 64.3 Å². The number of carbonyl (C=O) groups is 1. The van der Waals surface area contributed by atoms with Crippen LogP contribution in [0.5, 0.6) is 0 Å². The molecule has 1 heterocycles. The second kappa shape index (κ2) is 10.9. The fourth-order valence-corrected chi connectivity index (χ4v) is 5.70. The first-order valence-corrected chi connectivity index (χ1v) is 12.7. The number of aromatic nitrogens is 1. The van der Waals surface area contributed by atoms with Crippen molar-refractivity contribution in [1.29, 1.82) is 0 Å². The second-order valence-electron chi connectivity index (χ2n) is 7.38. The van der Waals surface area contributed by atoms with Gasteiger partial charge >= 0.3 is 0 Å². The Bertz CT molecular complexity index is 1150. The number of thiazole rings is 1. The van der Waals surface area contributed by atoms with Crippen LogP contribution in [0.3, 0.4) is 0 Å². The lowest BCUT2D eigenvalue weighted by Crippen LogP contribution is -2.37. The number of anilines is 1. The molecule has 0 aliphatic carbocycles. The van der Waals surface area contributed by atoms with E-state index >= 15 is 0 Å². The number of nitrogens with zero attached hydrogens (tertiary/aromatic N) is 3. The van der Waals surface area contributed by atoms with Crippen LogP contribution in [-0.4, -0.2) is 57.1 Å². The van der Waals surface area contributed by atoms with E-state index < -0.39 is 21.5 Å². The summed E-state index contributed by atoms with van der Waals surface area (Å²) in [4.78, 5) is 21.4. The maximum Gasteiger partial charge on any atom is 0.244 e. The molecular formula is C21H25BrClN3O3S2. The Kier molecular flexibility index (Phi) is 9.03. The van der Waals surface area contributed by atoms with Crippen LogP contribution in [-0.2, 0) is 14.6 Å². The molecule has 0 fully saturated rings. The molecule has 0 bridgehead atoms. The van der Waals surface area contributed by atoms with E-state index in [0.29, 0.717) is 18.1 Å². The summed E-state index contributed by atoms with van der Waals surface area (Å²) in [5.41, 5.74) is 1.75. The van der Waals surface area contributed by atoms with Gasteiger partial charge in [-0.3, -0.25) is 9.69 Å². The molecule has 10 heteroatoms. The number of hydrogen-bond donors (Lipinski definition) is 0. The normalized spacial score (nSPS) is 11.5. The second-order valence-corrected chi connectivity index (χ2v) is 11.3. The minimum atomic E-state index is -3.74. The minimum absolute atomic E-state index is 0. The summed E-state index contributed by atoms with van der Waals surface area (Å²) in [5.74, 6) is -1.05. The van der Waals surface area contributed by atoms with Crippen LogP contribution in [0.2, 0.25) is 0 Å². The average molecular weight is 547 g/mol. The Morgan fingerprint density at radius 3 is 2.42 bits per heavy atom. The number of rotatable bonds is 8. The number of hydrogen-bond acceptors (Lipinski definition) is 6. The molecule has 0 aliphatic heterocycles. The van der Waals surface area contributed by atoms with Crippen LogP contribution < -0.4 is 4.90 Å². The van der Waals surface area contributed by atoms with Gasteiger partial charge in [0.2, 0.25) is 5.91 Å². The fraction of sp³-hybridized carbons (Fsp3) is 0.333. The summed E-state index contributed by atoms with van der Waals surface area (Å²) in [5, 5.41) is 0.519. The van der Waals surface area contributed by atoms with Gasteiger partial charge in [-0.25, -0.2) is 13.4 Å². The van der Waals surface area contributed by atoms with Crippen molar-refractivity contribution in [1.82, 2.24) is 9.88 Å². The number of halogens is 2. The maximum absolute atomic E-state index is 13.1. The molecule has 0 aliphatic rings. The van der Waals surface area contributed by atoms with Crippen molar-refractivity contribution in [3.63, 3.8) is 0 Å². The Hall–Kier alpha value is -1.52. The molecule has 31 heavy (non-hydrogen) atoms. The molecule has 0 unspecified atom stereocenters. The van der Waals surface area contributed by atoms with Crippen molar-refractivity contribution < 1.29 is 13.2 Å². The highest BCUT2D eigenvalue weighted by Crippen LogP contribution is 2.31. The van der Waals surface area contributed by atoms with E-state index in [4.69, 9.17) is 0 Å². The first-order chi connectivity index (χ1) is 14.2. The third-order valence-electron chi connectivity index (χ3n) is 4.55. The molecule has 168 valence electrons. The molecule has 2 aromatic carbocycles. The van der Waals surface area contributed by atoms with Crippen LogP contribution in [0.15, 0.2) is 51.8 Å². The zero-order valence-electron chi connectivity index (χ0n) is 17.5. The minimum Gasteiger partial charge on any atom is -0.309 e. The average Bonchev–Trinajstić information content (AvgIpc) is 3.07. The number of aryl methyl sites for hydroxylation is 1. The molecular weight excluding hydrogens is 522 g/mol. The van der Waals surface area contributed by atoms with Gasteiger partial charge < -0.3 is 4.90 Å². The van der Waals surface area contributed by atoms with Crippen molar-refractivity contribution in [2.75, 3.05) is 37.8 Å². The number of benzene rings is 2. The van der Waals surface area contributed by atoms with E-state index in [1.807, 2.05) is 44.1 Å². The van der Waals surface area contributed by atoms with Gasteiger partial charge in [-0.1, -0.05) is 45.0 Å². The largest absolute Gasteiger partial charge is 0.309 e. The summed E-state index contributed by atoms with van der Waals surface area (Å²) in [6.07, 6.45) is 0.711. The Balaban J connectivity index is 0.00000341. The van der Waals surface area contributed by atoms with Gasteiger partial charge in [-0.15, -0.1) is 12.4 Å². The summed E-state index contributed by atoms with van der Waals surface area (Å²) in [7, 11) is 0.183. The van der Waals surface area contributed by atoms with Gasteiger partial charge in [0, 0.05) is 11.0 Å². The summed E-state index contributed by atoms with van der Waals surface area (Å²) in [6, 6.07) is 12.3. The molecule has 0 atom stereocenters. The molecule has 0 saturated carbocycles. The van der Waals surface area contributed by atoms with Crippen molar-refractivity contribution >= 4 is 70.8 Å². The molecule has 6 nitrogen and oxygen atoms in total. The van der Waals surface area contributed by atoms with Gasteiger partial charge in [0.15, 0.2) is 15.0 Å². The molecule has 0 saturated heterocycles. The van der Waals surface area contributed by atoms with Gasteiger partial charge in [0.25, 0.3) is 0 Å². The monoisotopic (exact) mass is 545 g/mol. The summed E-state index contributed by atoms with van der Waals surface area (Å²) in [6.45, 7) is 3.08. The lowest BCUT2D eigenvalue weighted by atomic mass is 10.2. The molecule has 3 aromatic rings. The predicted octanol–water partition coefficient (Wildman–Crippen LogP) is 4.55. The lowest BCUT2D eigenvalue weighted by Gasteiger charge is -2.21. The number of fused-ring (bicyclic) bond motifs is 1. The first kappa shape index (κ1) is 25.7. The highest BCUT2D eigenvalue weighted by atomic mass is 79.9. The Labute approximate surface area is 201 Å². The third-order valence-corrected chi connectivity index (χ3v) is 7.70. The highest BCUT2D eigenvalue weighted by Gasteiger charge is 2.26. The van der Waals surface area contributed by atoms with Crippen LogP contribution in [0.1, 0.15) is 12.0 Å². The van der Waals surface area contributed by atoms with Gasteiger partial charge in [0.05, 0.1) is 15.1 Å². The zero-order valence-corrected chi connectivity index (χ0v) is 21.6. The van der Waals surface area contributed by atoms with Crippen molar-refractivity contribution in [3.8, 4) is 0 Å². The molecule has 0 spiro atoms. The topological polar surface area (TPSA) is 70.6 Å². The predicted molar refractivity (Wildman–Crippen MR) is 133 cm³/mol. The molecule has 0 N–H and O–H groups in total. The van der Waals surface area contributed by atoms with Crippen molar-refractivity contribution in [2.24, 2.45) is 0 Å². The van der Waals surface area contributed by atoms with E-state index in [0.717, 1.165) is 26.8 Å². The number of carbonyl (C=O) groups excluding carboxylic acids is 1. The van der Waals surface area contributed by atoms with E-state index in [2.05, 4.69) is 20.9 Å². The molecule has 3 rings (SSSR count). The number of amides is 1. The SMILES string of the molecule is Cc1ccc(S(=O)(=O)CC(=O)N(CCCN(C)C)c2nc3ccc(Br)cc3s2)cc1.Cl. The zero-order chi connectivity index (χ0) is 21.9. The molecule has 0 radical (unpaired) electrons. The quantitative estimate of drug-likeness (QED) is 0.415. The summed E-state index contributed by atoms with van der Waals surface area (Å²) >= 11 is 4.84. The maximum atomic E-state index is 13.1. The van der Waals surface area contributed by atoms with E-state index in [1.54, 1.807) is 24.3 Å². The standard InChI is InChI=1S/C21H24BrN3O3S2.ClH/c1-15-5-8-17(9-6-15)30(27,28)14-20(26)25(12-4-11-24(2)3)21-23-18-10-7-16(22)13-19(18)29-21;/h5-10,13H,4,11-12,14H2,1-3H3;1H. The highest BCUT2D eigenvalue weighted by molar-refractivity contribution is 9.10. The van der Waals surface area contributed by atoms with Crippen molar-refractivity contribution in [3.05, 3.63) is 52.5 Å². The van der Waals surface area contributed by atoms with E-state index in [-0.39, 0.29) is 17.3 Å². The Morgan fingerprint density at radius 2 is 1.77 bits per heavy atom. The van der Waals surface area contributed by atoms with Crippen LogP contribution in [0.25, 0.3) is 10.2 Å². The van der Waals surface area contributed by atoms with Crippen LogP contribution in [0, 0.1) is 6.92 Å². The fourth-order valence-electron chi connectivity index (χ4n) is 2.94. The van der Waals surface area contributed by atoms with Gasteiger partial charge in [-0.2, -0.15) is 0 Å². The Morgan fingerprint density at radius 1 is 1.10 bits per heavy atom. The smallest absolute Gasteiger partial charge is 0.244 e. The molecule has 1 aromatic heterocycles. The third kappa shape index (κ3) is 6.73.